The number of hydrogen-bond donors (Lipinski definition) is 1. The standard InChI is InChI=1S/C12H11OP.C5H5.2BrH.Ir/c13-14(11-7-3-1-4-8-11)12-9-5-2-6-10-12;1-2-4-5-3-1;;;/h1-10,13H;1-5H;2*1H;/q;-1;;;+3/p-2. The summed E-state index contributed by atoms with van der Waals surface area (Å²) in [5, 5.41) is 1.99. The van der Waals surface area contributed by atoms with Gasteiger partial charge in [-0.15, -0.1) is 0 Å². The molecular weight excluding hydrogens is 603 g/mol. The van der Waals surface area contributed by atoms with Crippen molar-refractivity contribution in [2.45, 2.75) is 0 Å². The molecule has 0 aliphatic rings. The number of rotatable bonds is 2. The van der Waals surface area contributed by atoms with Crippen LogP contribution in [0.3, 0.4) is 0 Å². The van der Waals surface area contributed by atoms with Crippen molar-refractivity contribution in [1.29, 1.82) is 0 Å². The van der Waals surface area contributed by atoms with Crippen LogP contribution < -0.4 is 10.6 Å². The van der Waals surface area contributed by atoms with Crippen LogP contribution in [0.1, 0.15) is 0 Å². The van der Waals surface area contributed by atoms with E-state index in [-0.39, 0.29) is 13.7 Å². The van der Waals surface area contributed by atoms with Gasteiger partial charge in [-0.2, -0.15) is 18.2 Å². The summed E-state index contributed by atoms with van der Waals surface area (Å²) in [6.45, 7) is 0. The van der Waals surface area contributed by atoms with E-state index in [1.165, 1.54) is 0 Å². The number of halogens is 2. The van der Waals surface area contributed by atoms with Gasteiger partial charge in [-0.3, -0.25) is 0 Å². The van der Waals surface area contributed by atoms with Gasteiger partial charge in [0.2, 0.25) is 0 Å². The van der Waals surface area contributed by atoms with E-state index >= 15 is 0 Å². The fourth-order valence-corrected chi connectivity index (χ4v) is 2.82. The van der Waals surface area contributed by atoms with Crippen molar-refractivity contribution in [3.8, 4) is 0 Å². The summed E-state index contributed by atoms with van der Waals surface area (Å²) in [7, 11) is -1.17. The van der Waals surface area contributed by atoms with Gasteiger partial charge in [0.1, 0.15) is 0 Å². The third kappa shape index (κ3) is 8.43. The molecule has 118 valence electrons. The van der Waals surface area contributed by atoms with Crippen LogP contribution in [0.4, 0.5) is 0 Å². The maximum absolute atomic E-state index is 10.1. The Balaban J connectivity index is 0.000000250. The molecule has 0 heterocycles. The van der Waals surface area contributed by atoms with Gasteiger partial charge in [0, 0.05) is 10.6 Å². The Hall–Kier alpha value is -0.211. The van der Waals surface area contributed by atoms with E-state index in [0.717, 1.165) is 10.6 Å². The fraction of sp³-hybridized carbons (Fsp3) is 0. The third-order valence-electron chi connectivity index (χ3n) is 2.56. The van der Waals surface area contributed by atoms with Crippen LogP contribution in [0.25, 0.3) is 0 Å². The largest absolute Gasteiger partial charge is 0.214 e. The van der Waals surface area contributed by atoms with Gasteiger partial charge in [-0.05, 0) is 0 Å². The van der Waals surface area contributed by atoms with Crippen LogP contribution in [0.2, 0.25) is 0 Å². The Morgan fingerprint density at radius 3 is 1.36 bits per heavy atom. The van der Waals surface area contributed by atoms with Crippen molar-refractivity contribution in [3.63, 3.8) is 0 Å². The van der Waals surface area contributed by atoms with Crippen LogP contribution >= 0.6 is 35.1 Å². The van der Waals surface area contributed by atoms with Crippen molar-refractivity contribution in [3.05, 3.63) is 91.0 Å². The Bertz CT molecular complexity index is 519. The molecule has 0 saturated carbocycles. The SMILES string of the molecule is OP(c1ccccc1)c1ccccc1.[Br][Ir+][Br].c1cc[cH-]c1. The minimum absolute atomic E-state index is 0.125. The van der Waals surface area contributed by atoms with E-state index in [0.29, 0.717) is 0 Å². The maximum atomic E-state index is 10.1. The smallest absolute Gasteiger partial charge is 0.172 e. The van der Waals surface area contributed by atoms with Gasteiger partial charge < -0.3 is 4.89 Å². The molecule has 5 heteroatoms. The molecule has 0 unspecified atom stereocenters. The van der Waals surface area contributed by atoms with Gasteiger partial charge >= 0.3 is 40.7 Å². The minimum Gasteiger partial charge on any atom is -0.214 e. The van der Waals surface area contributed by atoms with Crippen LogP contribution in [0.15, 0.2) is 91.0 Å². The first-order valence-electron chi connectivity index (χ1n) is 6.39. The van der Waals surface area contributed by atoms with Crippen LogP contribution in [-0.4, -0.2) is 4.89 Å². The monoisotopic (exact) mass is 618 g/mol. The Labute approximate surface area is 154 Å². The number of hydrogen-bond acceptors (Lipinski definition) is 1. The fourth-order valence-electron chi connectivity index (χ4n) is 1.61. The van der Waals surface area contributed by atoms with Crippen molar-refractivity contribution >= 4 is 45.7 Å². The molecule has 0 aliphatic heterocycles. The average Bonchev–Trinajstić information content (AvgIpc) is 3.16. The van der Waals surface area contributed by atoms with Crippen molar-refractivity contribution in [1.82, 2.24) is 0 Å². The van der Waals surface area contributed by atoms with E-state index in [4.69, 9.17) is 0 Å². The molecule has 1 nitrogen and oxygen atoms in total. The summed E-state index contributed by atoms with van der Waals surface area (Å²) in [6, 6.07) is 29.5. The zero-order valence-electron chi connectivity index (χ0n) is 11.6. The Morgan fingerprint density at radius 1 is 0.727 bits per heavy atom. The molecule has 0 spiro atoms. The zero-order valence-corrected chi connectivity index (χ0v) is 18.1. The average molecular weight is 619 g/mol. The molecule has 0 aliphatic carbocycles. The molecule has 3 rings (SSSR count). The van der Waals surface area contributed by atoms with Crippen LogP contribution in [-0.2, 0) is 13.7 Å². The molecule has 22 heavy (non-hydrogen) atoms. The maximum Gasteiger partial charge on any atom is -0.172 e. The Morgan fingerprint density at radius 2 is 1.09 bits per heavy atom. The topological polar surface area (TPSA) is 20.2 Å². The van der Waals surface area contributed by atoms with Crippen LogP contribution in [0.5, 0.6) is 0 Å². The third-order valence-corrected chi connectivity index (χ3v) is 4.13. The first-order chi connectivity index (χ1) is 10.8. The van der Waals surface area contributed by atoms with E-state index in [1.807, 2.05) is 91.0 Å². The van der Waals surface area contributed by atoms with Gasteiger partial charge in [-0.1, -0.05) is 60.7 Å². The van der Waals surface area contributed by atoms with E-state index in [9.17, 15) is 4.89 Å². The summed E-state index contributed by atoms with van der Waals surface area (Å²) in [4.78, 5) is 10.1. The van der Waals surface area contributed by atoms with Crippen molar-refractivity contribution in [2.24, 2.45) is 0 Å². The first kappa shape index (κ1) is 19.8. The van der Waals surface area contributed by atoms with Crippen molar-refractivity contribution in [2.75, 3.05) is 0 Å². The molecule has 3 aromatic rings. The van der Waals surface area contributed by atoms with E-state index in [2.05, 4.69) is 27.0 Å². The minimum atomic E-state index is -1.17. The molecule has 3 aromatic carbocycles. The summed E-state index contributed by atoms with van der Waals surface area (Å²) >= 11 is 6.50. The molecule has 0 aromatic heterocycles. The molecule has 0 amide bonds. The second-order valence-corrected chi connectivity index (χ2v) is 16.1. The van der Waals surface area contributed by atoms with Gasteiger partial charge in [0.05, 0.1) is 8.15 Å². The summed E-state index contributed by atoms with van der Waals surface area (Å²) in [5.41, 5.74) is 0. The zero-order chi connectivity index (χ0) is 16.0. The first-order valence-corrected chi connectivity index (χ1v) is 18.1. The Kier molecular flexibility index (Phi) is 11.9. The van der Waals surface area contributed by atoms with Crippen molar-refractivity contribution < 1.29 is 18.6 Å². The molecular formula is C17H16Br2IrOP. The van der Waals surface area contributed by atoms with E-state index < -0.39 is 8.15 Å². The van der Waals surface area contributed by atoms with E-state index in [1.54, 1.807) is 0 Å². The molecule has 1 N–H and O–H groups in total. The second kappa shape index (κ2) is 13.2. The number of benzene rings is 2. The molecule has 0 bridgehead atoms. The second-order valence-electron chi connectivity index (χ2n) is 3.99. The molecule has 0 saturated heterocycles. The predicted octanol–water partition coefficient (Wildman–Crippen LogP) is 5.12. The summed E-state index contributed by atoms with van der Waals surface area (Å²) in [5.74, 6) is 0. The summed E-state index contributed by atoms with van der Waals surface area (Å²) < 4.78 is 0. The molecule has 0 atom stereocenters. The van der Waals surface area contributed by atoms with Gasteiger partial charge in [0.25, 0.3) is 0 Å². The molecule has 0 fully saturated rings. The quantitative estimate of drug-likeness (QED) is 0.312. The predicted molar refractivity (Wildman–Crippen MR) is 101 cm³/mol. The van der Waals surface area contributed by atoms with Gasteiger partial charge in [-0.25, -0.2) is 12.1 Å². The van der Waals surface area contributed by atoms with Crippen LogP contribution in [0, 0.1) is 0 Å². The summed E-state index contributed by atoms with van der Waals surface area (Å²) in [6.07, 6.45) is 0. The molecule has 0 radical (unpaired) electrons. The van der Waals surface area contributed by atoms with Gasteiger partial charge in [0.15, 0.2) is 0 Å². The normalized spacial score (nSPS) is 9.45.